The van der Waals surface area contributed by atoms with Crippen LogP contribution in [0.4, 0.5) is 5.13 Å². The summed E-state index contributed by atoms with van der Waals surface area (Å²) in [4.78, 5) is 31.1. The Morgan fingerprint density at radius 1 is 1.41 bits per heavy atom. The molecular weight excluding hydrogens is 358 g/mol. The maximum atomic E-state index is 12.3. The van der Waals surface area contributed by atoms with Crippen molar-refractivity contribution in [3.8, 4) is 0 Å². The molecule has 0 unspecified atom stereocenters. The van der Waals surface area contributed by atoms with Crippen LogP contribution >= 0.6 is 46.7 Å². The van der Waals surface area contributed by atoms with Gasteiger partial charge in [-0.2, -0.15) is 0 Å². The van der Waals surface area contributed by atoms with Crippen molar-refractivity contribution in [2.45, 2.75) is 0 Å². The summed E-state index contributed by atoms with van der Waals surface area (Å²) < 4.78 is 0.391. The van der Waals surface area contributed by atoms with E-state index in [0.717, 1.165) is 4.88 Å². The average molecular weight is 368 g/mol. The van der Waals surface area contributed by atoms with Crippen LogP contribution in [-0.4, -0.2) is 32.6 Å². The number of hydrogen-bond acceptors (Lipinski definition) is 7. The lowest BCUT2D eigenvalue weighted by Crippen LogP contribution is -2.36. The van der Waals surface area contributed by atoms with E-state index in [1.54, 1.807) is 29.0 Å². The number of nitrogens with zero attached hydrogens (tertiary/aromatic N) is 2. The zero-order valence-electron chi connectivity index (χ0n) is 11.0. The lowest BCUT2D eigenvalue weighted by Gasteiger charge is -2.13. The van der Waals surface area contributed by atoms with Gasteiger partial charge >= 0.3 is 0 Å². The molecule has 0 saturated carbocycles. The van der Waals surface area contributed by atoms with E-state index in [9.17, 15) is 9.59 Å². The molecule has 0 atom stereocenters. The van der Waals surface area contributed by atoms with E-state index in [1.807, 2.05) is 17.5 Å². The van der Waals surface area contributed by atoms with Crippen molar-refractivity contribution >= 4 is 74.0 Å². The molecule has 0 aromatic carbocycles. The van der Waals surface area contributed by atoms with Crippen molar-refractivity contribution in [1.29, 1.82) is 0 Å². The summed E-state index contributed by atoms with van der Waals surface area (Å²) in [6, 6.07) is 3.84. The number of nitrogens with one attached hydrogen (secondary N) is 1. The molecule has 2 aromatic heterocycles. The standard InChI is InChI=1S/C13H9N3O2S4/c17-10(15-12-14-3-5-21-12)7-16-11(18)9(22-13(16)19)6-8-2-1-4-20-8/h1-6H,7H2,(H,14,15,17)/b9-6+. The van der Waals surface area contributed by atoms with Crippen molar-refractivity contribution in [3.05, 3.63) is 38.9 Å². The van der Waals surface area contributed by atoms with E-state index in [0.29, 0.717) is 14.4 Å². The third kappa shape index (κ3) is 3.43. The fraction of sp³-hybridized carbons (Fsp3) is 0.0769. The van der Waals surface area contributed by atoms with Gasteiger partial charge in [-0.1, -0.05) is 30.0 Å². The number of rotatable bonds is 4. The molecule has 1 fully saturated rings. The Hall–Kier alpha value is -1.55. The Kier molecular flexibility index (Phi) is 4.67. The number of carbonyl (C=O) groups excluding carboxylic acids is 2. The summed E-state index contributed by atoms with van der Waals surface area (Å²) in [6.45, 7) is -0.105. The minimum Gasteiger partial charge on any atom is -0.300 e. The SMILES string of the molecule is O=C(CN1C(=O)/C(=C\c2cccs2)SC1=S)Nc1nccs1. The summed E-state index contributed by atoms with van der Waals surface area (Å²) in [7, 11) is 0. The lowest BCUT2D eigenvalue weighted by molar-refractivity contribution is -0.126. The predicted molar refractivity (Wildman–Crippen MR) is 94.9 cm³/mol. The molecule has 1 saturated heterocycles. The van der Waals surface area contributed by atoms with E-state index in [1.165, 1.54) is 28.0 Å². The molecule has 3 rings (SSSR count). The number of hydrogen-bond donors (Lipinski definition) is 1. The van der Waals surface area contributed by atoms with Crippen molar-refractivity contribution in [3.63, 3.8) is 0 Å². The molecule has 2 aromatic rings. The van der Waals surface area contributed by atoms with Gasteiger partial charge < -0.3 is 5.32 Å². The molecule has 0 spiro atoms. The molecule has 9 heteroatoms. The molecule has 1 N–H and O–H groups in total. The molecular formula is C13H9N3O2S4. The van der Waals surface area contributed by atoms with Crippen LogP contribution in [0.5, 0.6) is 0 Å². The molecule has 1 aliphatic heterocycles. The van der Waals surface area contributed by atoms with Crippen LogP contribution in [0.2, 0.25) is 0 Å². The van der Waals surface area contributed by atoms with Gasteiger partial charge in [-0.15, -0.1) is 22.7 Å². The van der Waals surface area contributed by atoms with Crippen LogP contribution in [0.3, 0.4) is 0 Å². The highest BCUT2D eigenvalue weighted by molar-refractivity contribution is 8.26. The second-order valence-electron chi connectivity index (χ2n) is 4.17. The number of thiocarbonyl (C=S) groups is 1. The number of thiophene rings is 1. The quantitative estimate of drug-likeness (QED) is 0.665. The van der Waals surface area contributed by atoms with E-state index in [4.69, 9.17) is 12.2 Å². The van der Waals surface area contributed by atoms with E-state index >= 15 is 0 Å². The zero-order valence-corrected chi connectivity index (χ0v) is 14.3. The molecule has 112 valence electrons. The van der Waals surface area contributed by atoms with Gasteiger partial charge in [-0.3, -0.25) is 14.5 Å². The molecule has 0 aliphatic carbocycles. The fourth-order valence-electron chi connectivity index (χ4n) is 1.73. The number of thioether (sulfide) groups is 1. The highest BCUT2D eigenvalue weighted by Gasteiger charge is 2.33. The summed E-state index contributed by atoms with van der Waals surface area (Å²) in [5, 5.41) is 6.84. The maximum Gasteiger partial charge on any atom is 0.266 e. The van der Waals surface area contributed by atoms with E-state index < -0.39 is 0 Å². The second kappa shape index (κ2) is 6.69. The minimum absolute atomic E-state index is 0.105. The first kappa shape index (κ1) is 15.3. The highest BCUT2D eigenvalue weighted by Crippen LogP contribution is 2.33. The van der Waals surface area contributed by atoms with Gasteiger partial charge in [0.15, 0.2) is 5.13 Å². The monoisotopic (exact) mass is 367 g/mol. The minimum atomic E-state index is -0.316. The normalized spacial score (nSPS) is 16.5. The van der Waals surface area contributed by atoms with Crippen LogP contribution in [0.15, 0.2) is 34.0 Å². The molecule has 2 amide bonds. The lowest BCUT2D eigenvalue weighted by atomic mass is 10.3. The van der Waals surface area contributed by atoms with Gasteiger partial charge in [0.05, 0.1) is 4.91 Å². The molecule has 0 bridgehead atoms. The summed E-state index contributed by atoms with van der Waals surface area (Å²) in [6.07, 6.45) is 3.40. The molecule has 5 nitrogen and oxygen atoms in total. The Morgan fingerprint density at radius 2 is 2.27 bits per heavy atom. The third-order valence-corrected chi connectivity index (χ3v) is 5.56. The van der Waals surface area contributed by atoms with Gasteiger partial charge in [0.1, 0.15) is 10.9 Å². The third-order valence-electron chi connectivity index (χ3n) is 2.67. The first-order chi connectivity index (χ1) is 10.6. The van der Waals surface area contributed by atoms with E-state index in [2.05, 4.69) is 10.3 Å². The Labute approximate surface area is 144 Å². The van der Waals surface area contributed by atoms with E-state index in [-0.39, 0.29) is 18.4 Å². The van der Waals surface area contributed by atoms with Crippen molar-refractivity contribution in [2.75, 3.05) is 11.9 Å². The van der Waals surface area contributed by atoms with Crippen LogP contribution < -0.4 is 5.32 Å². The average Bonchev–Trinajstić information content (AvgIpc) is 3.20. The first-order valence-corrected chi connectivity index (χ1v) is 9.10. The number of amides is 2. The molecule has 1 aliphatic rings. The van der Waals surface area contributed by atoms with Gasteiger partial charge in [-0.25, -0.2) is 4.98 Å². The van der Waals surface area contributed by atoms with Gasteiger partial charge in [-0.05, 0) is 17.5 Å². The van der Waals surface area contributed by atoms with Crippen molar-refractivity contribution in [1.82, 2.24) is 9.88 Å². The Morgan fingerprint density at radius 3 is 2.95 bits per heavy atom. The van der Waals surface area contributed by atoms with Gasteiger partial charge in [0.25, 0.3) is 5.91 Å². The molecule has 0 radical (unpaired) electrons. The van der Waals surface area contributed by atoms with Gasteiger partial charge in [0, 0.05) is 16.5 Å². The molecule has 22 heavy (non-hydrogen) atoms. The smallest absolute Gasteiger partial charge is 0.266 e. The topological polar surface area (TPSA) is 62.3 Å². The van der Waals surface area contributed by atoms with Crippen LogP contribution in [-0.2, 0) is 9.59 Å². The number of carbonyl (C=O) groups is 2. The van der Waals surface area contributed by atoms with Crippen molar-refractivity contribution in [2.24, 2.45) is 0 Å². The first-order valence-electron chi connectivity index (χ1n) is 6.12. The largest absolute Gasteiger partial charge is 0.300 e. The maximum absolute atomic E-state index is 12.3. The Balaban J connectivity index is 1.68. The molecule has 3 heterocycles. The second-order valence-corrected chi connectivity index (χ2v) is 7.72. The fourth-order valence-corrected chi connectivity index (χ4v) is 4.25. The van der Waals surface area contributed by atoms with Crippen molar-refractivity contribution < 1.29 is 9.59 Å². The number of aromatic nitrogens is 1. The zero-order chi connectivity index (χ0) is 15.5. The van der Waals surface area contributed by atoms with Crippen LogP contribution in [0.1, 0.15) is 4.88 Å². The highest BCUT2D eigenvalue weighted by atomic mass is 32.2. The summed E-state index contributed by atoms with van der Waals surface area (Å²) >= 11 is 9.27. The van der Waals surface area contributed by atoms with Gasteiger partial charge in [0.2, 0.25) is 5.91 Å². The summed E-state index contributed by atoms with van der Waals surface area (Å²) in [5.74, 6) is -0.554. The number of anilines is 1. The van der Waals surface area contributed by atoms with Crippen LogP contribution in [0, 0.1) is 0 Å². The Bertz CT molecular complexity index is 737. The number of thiazole rings is 1. The van der Waals surface area contributed by atoms with Crippen LogP contribution in [0.25, 0.3) is 6.08 Å². The summed E-state index contributed by atoms with van der Waals surface area (Å²) in [5.41, 5.74) is 0. The predicted octanol–water partition coefficient (Wildman–Crippen LogP) is 3.04.